The van der Waals surface area contributed by atoms with E-state index in [0.717, 1.165) is 18.2 Å². The Hall–Kier alpha value is -0.0500. The van der Waals surface area contributed by atoms with Crippen LogP contribution in [0.5, 0.6) is 0 Å². The number of hydrogen-bond acceptors (Lipinski definition) is 1. The van der Waals surface area contributed by atoms with E-state index in [1.807, 2.05) is 0 Å². The summed E-state index contributed by atoms with van der Waals surface area (Å²) in [6, 6.07) is 0. The van der Waals surface area contributed by atoms with Gasteiger partial charge >= 0.3 is 0 Å². The standard InChI is InChI=1S/C10H20BrNO/c11-9-7-5-3-1-2-4-6-8-10(12)13/h1-9H2,(H2,12,13). The molecule has 0 heterocycles. The molecule has 0 unspecified atom stereocenters. The van der Waals surface area contributed by atoms with Crippen LogP contribution in [0.3, 0.4) is 0 Å². The fourth-order valence-electron chi connectivity index (χ4n) is 1.28. The van der Waals surface area contributed by atoms with Crippen molar-refractivity contribution in [2.75, 3.05) is 5.33 Å². The number of nitrogens with two attached hydrogens (primary N) is 1. The van der Waals surface area contributed by atoms with Crippen LogP contribution in [-0.4, -0.2) is 11.2 Å². The van der Waals surface area contributed by atoms with Crippen molar-refractivity contribution in [1.29, 1.82) is 0 Å². The molecule has 0 aromatic heterocycles. The fourth-order valence-corrected chi connectivity index (χ4v) is 1.67. The predicted molar refractivity (Wildman–Crippen MR) is 59.9 cm³/mol. The van der Waals surface area contributed by atoms with E-state index in [1.165, 1.54) is 32.1 Å². The average molecular weight is 250 g/mol. The highest BCUT2D eigenvalue weighted by atomic mass is 79.9. The summed E-state index contributed by atoms with van der Waals surface area (Å²) in [5.41, 5.74) is 5.03. The first kappa shape index (κ1) is 12.9. The number of primary amides is 1. The molecule has 0 bridgehead atoms. The van der Waals surface area contributed by atoms with Gasteiger partial charge in [0.25, 0.3) is 0 Å². The lowest BCUT2D eigenvalue weighted by atomic mass is 10.1. The van der Waals surface area contributed by atoms with Gasteiger partial charge < -0.3 is 5.73 Å². The van der Waals surface area contributed by atoms with Crippen molar-refractivity contribution in [2.45, 2.75) is 51.4 Å². The number of rotatable bonds is 9. The van der Waals surface area contributed by atoms with Crippen molar-refractivity contribution in [3.63, 3.8) is 0 Å². The lowest BCUT2D eigenvalue weighted by Gasteiger charge is -1.99. The molecule has 1 amide bonds. The summed E-state index contributed by atoms with van der Waals surface area (Å²) in [5, 5.41) is 1.12. The first-order valence-corrected chi connectivity index (χ1v) is 6.24. The number of hydrogen-bond donors (Lipinski definition) is 1. The Morgan fingerprint density at radius 1 is 0.923 bits per heavy atom. The Labute approximate surface area is 89.4 Å². The molecule has 0 spiro atoms. The molecule has 2 nitrogen and oxygen atoms in total. The van der Waals surface area contributed by atoms with Crippen LogP contribution in [0.25, 0.3) is 0 Å². The van der Waals surface area contributed by atoms with Crippen LogP contribution >= 0.6 is 15.9 Å². The van der Waals surface area contributed by atoms with E-state index >= 15 is 0 Å². The van der Waals surface area contributed by atoms with Crippen molar-refractivity contribution >= 4 is 21.8 Å². The van der Waals surface area contributed by atoms with Crippen molar-refractivity contribution in [2.24, 2.45) is 5.73 Å². The highest BCUT2D eigenvalue weighted by Gasteiger charge is 1.94. The van der Waals surface area contributed by atoms with E-state index in [0.29, 0.717) is 6.42 Å². The second-order valence-corrected chi connectivity index (χ2v) is 4.17. The number of halogens is 1. The summed E-state index contributed by atoms with van der Waals surface area (Å²) in [7, 11) is 0. The summed E-state index contributed by atoms with van der Waals surface area (Å²) in [6.45, 7) is 0. The molecule has 2 N–H and O–H groups in total. The van der Waals surface area contributed by atoms with Crippen molar-refractivity contribution in [3.8, 4) is 0 Å². The molecule has 13 heavy (non-hydrogen) atoms. The molecule has 78 valence electrons. The minimum Gasteiger partial charge on any atom is -0.370 e. The lowest BCUT2D eigenvalue weighted by Crippen LogP contribution is -2.09. The number of unbranched alkanes of at least 4 members (excludes halogenated alkanes) is 6. The number of alkyl halides is 1. The predicted octanol–water partition coefficient (Wildman–Crippen LogP) is 2.99. The first-order valence-electron chi connectivity index (χ1n) is 5.11. The first-order chi connectivity index (χ1) is 6.27. The molecule has 0 aliphatic heterocycles. The van der Waals surface area contributed by atoms with Crippen molar-refractivity contribution < 1.29 is 4.79 Å². The molecule has 0 atom stereocenters. The van der Waals surface area contributed by atoms with Gasteiger partial charge in [-0.3, -0.25) is 4.79 Å². The van der Waals surface area contributed by atoms with E-state index in [2.05, 4.69) is 15.9 Å². The van der Waals surface area contributed by atoms with Gasteiger partial charge in [0.2, 0.25) is 5.91 Å². The van der Waals surface area contributed by atoms with Gasteiger partial charge in [-0.1, -0.05) is 48.0 Å². The third-order valence-corrected chi connectivity index (χ3v) is 2.62. The number of carbonyl (C=O) groups excluding carboxylic acids is 1. The summed E-state index contributed by atoms with van der Waals surface area (Å²) in [6.07, 6.45) is 9.14. The molecule has 0 radical (unpaired) electrons. The number of amides is 1. The van der Waals surface area contributed by atoms with Gasteiger partial charge in [0.15, 0.2) is 0 Å². The monoisotopic (exact) mass is 249 g/mol. The second kappa shape index (κ2) is 10.0. The SMILES string of the molecule is NC(=O)CCCCCCCCCBr. The highest BCUT2D eigenvalue weighted by Crippen LogP contribution is 2.08. The third-order valence-electron chi connectivity index (χ3n) is 2.06. The van der Waals surface area contributed by atoms with Gasteiger partial charge in [-0.15, -0.1) is 0 Å². The Kier molecular flexibility index (Phi) is 10.00. The molecular weight excluding hydrogens is 230 g/mol. The minimum atomic E-state index is -0.167. The maximum absolute atomic E-state index is 10.4. The molecule has 0 rings (SSSR count). The Bertz CT molecular complexity index is 128. The van der Waals surface area contributed by atoms with Crippen LogP contribution in [0.4, 0.5) is 0 Å². The van der Waals surface area contributed by atoms with Gasteiger partial charge in [-0.05, 0) is 12.8 Å². The lowest BCUT2D eigenvalue weighted by molar-refractivity contribution is -0.118. The Morgan fingerprint density at radius 3 is 1.85 bits per heavy atom. The zero-order valence-corrected chi connectivity index (χ0v) is 9.81. The summed E-state index contributed by atoms with van der Waals surface area (Å²) in [4.78, 5) is 10.4. The second-order valence-electron chi connectivity index (χ2n) is 3.38. The van der Waals surface area contributed by atoms with Crippen LogP contribution in [0.2, 0.25) is 0 Å². The van der Waals surface area contributed by atoms with Gasteiger partial charge in [0.1, 0.15) is 0 Å². The van der Waals surface area contributed by atoms with Gasteiger partial charge in [0, 0.05) is 11.8 Å². The zero-order chi connectivity index (χ0) is 9.94. The third kappa shape index (κ3) is 12.0. The number of carbonyl (C=O) groups is 1. The van der Waals surface area contributed by atoms with E-state index < -0.39 is 0 Å². The molecule has 0 fully saturated rings. The van der Waals surface area contributed by atoms with Crippen LogP contribution < -0.4 is 5.73 Å². The highest BCUT2D eigenvalue weighted by molar-refractivity contribution is 9.09. The molecule has 0 saturated carbocycles. The van der Waals surface area contributed by atoms with Crippen LogP contribution in [0.1, 0.15) is 51.4 Å². The van der Waals surface area contributed by atoms with Crippen molar-refractivity contribution in [3.05, 3.63) is 0 Å². The Balaban J connectivity index is 2.87. The smallest absolute Gasteiger partial charge is 0.217 e. The molecule has 0 saturated heterocycles. The molecule has 0 aromatic carbocycles. The van der Waals surface area contributed by atoms with Gasteiger partial charge in [-0.2, -0.15) is 0 Å². The summed E-state index contributed by atoms with van der Waals surface area (Å²) < 4.78 is 0. The van der Waals surface area contributed by atoms with Gasteiger partial charge in [-0.25, -0.2) is 0 Å². The Morgan fingerprint density at radius 2 is 1.38 bits per heavy atom. The molecule has 0 aliphatic carbocycles. The fraction of sp³-hybridized carbons (Fsp3) is 0.900. The molecule has 3 heteroatoms. The topological polar surface area (TPSA) is 43.1 Å². The van der Waals surface area contributed by atoms with Crippen LogP contribution in [-0.2, 0) is 4.79 Å². The van der Waals surface area contributed by atoms with E-state index in [4.69, 9.17) is 5.73 Å². The van der Waals surface area contributed by atoms with Crippen molar-refractivity contribution in [1.82, 2.24) is 0 Å². The summed E-state index contributed by atoms with van der Waals surface area (Å²) >= 11 is 3.41. The van der Waals surface area contributed by atoms with E-state index in [1.54, 1.807) is 0 Å². The van der Waals surface area contributed by atoms with Gasteiger partial charge in [0.05, 0.1) is 0 Å². The molecule has 0 aromatic rings. The van der Waals surface area contributed by atoms with Crippen LogP contribution in [0.15, 0.2) is 0 Å². The maximum atomic E-state index is 10.4. The quantitative estimate of drug-likeness (QED) is 0.496. The minimum absolute atomic E-state index is 0.167. The van der Waals surface area contributed by atoms with Crippen LogP contribution in [0, 0.1) is 0 Å². The maximum Gasteiger partial charge on any atom is 0.217 e. The summed E-state index contributed by atoms with van der Waals surface area (Å²) in [5.74, 6) is -0.167. The zero-order valence-electron chi connectivity index (χ0n) is 8.23. The molecule has 0 aliphatic rings. The van der Waals surface area contributed by atoms with E-state index in [9.17, 15) is 4.79 Å². The largest absolute Gasteiger partial charge is 0.370 e. The average Bonchev–Trinajstić information content (AvgIpc) is 2.09. The van der Waals surface area contributed by atoms with E-state index in [-0.39, 0.29) is 5.91 Å². The normalized spacial score (nSPS) is 10.2. The molecular formula is C10H20BrNO.